The van der Waals surface area contributed by atoms with Crippen LogP contribution in [0.2, 0.25) is 0 Å². The summed E-state index contributed by atoms with van der Waals surface area (Å²) >= 11 is 3.30. The summed E-state index contributed by atoms with van der Waals surface area (Å²) in [6.45, 7) is 5.42. The number of hydrogen-bond donors (Lipinski definition) is 2. The molecule has 0 fully saturated rings. The second-order valence-corrected chi connectivity index (χ2v) is 6.53. The lowest BCUT2D eigenvalue weighted by Gasteiger charge is -2.14. The summed E-state index contributed by atoms with van der Waals surface area (Å²) in [5.74, 6) is 0.582. The molecule has 0 saturated heterocycles. The highest BCUT2D eigenvalue weighted by Gasteiger charge is 2.11. The number of thiophene rings is 1. The van der Waals surface area contributed by atoms with Crippen molar-refractivity contribution < 1.29 is 4.79 Å². The second-order valence-electron chi connectivity index (χ2n) is 4.82. The minimum Gasteiger partial charge on any atom is -0.338 e. The van der Waals surface area contributed by atoms with Crippen LogP contribution in [-0.2, 0) is 0 Å². The molecule has 2 aromatic heterocycles. The topological polar surface area (TPSA) is 54.0 Å². The van der Waals surface area contributed by atoms with E-state index in [-0.39, 0.29) is 11.9 Å². The molecule has 2 aromatic rings. The summed E-state index contributed by atoms with van der Waals surface area (Å²) in [7, 11) is 0. The van der Waals surface area contributed by atoms with Gasteiger partial charge in [0.25, 0.3) is 0 Å². The van der Waals surface area contributed by atoms with E-state index in [0.29, 0.717) is 19.0 Å². The number of nitrogens with zero attached hydrogens (tertiary/aromatic N) is 1. The van der Waals surface area contributed by atoms with Gasteiger partial charge in [-0.15, -0.1) is 11.3 Å². The standard InChI is InChI=1S/C14H19N3OS2/c1-10(12-3-5-19-9-12)7-16-14(18)17-8-11(2)13-15-4-6-20-13/h3-6,9-11H,7-8H2,1-2H3,(H2,16,17,18)/t10-,11+/m0/s1. The zero-order chi connectivity index (χ0) is 14.4. The molecular weight excluding hydrogens is 290 g/mol. The number of rotatable bonds is 6. The molecule has 0 aliphatic rings. The third-order valence-electron chi connectivity index (χ3n) is 3.12. The van der Waals surface area contributed by atoms with Gasteiger partial charge in [-0.1, -0.05) is 13.8 Å². The summed E-state index contributed by atoms with van der Waals surface area (Å²) in [6.07, 6.45) is 1.79. The lowest BCUT2D eigenvalue weighted by molar-refractivity contribution is 0.240. The van der Waals surface area contributed by atoms with Crippen LogP contribution in [0.15, 0.2) is 28.4 Å². The molecular formula is C14H19N3OS2. The van der Waals surface area contributed by atoms with E-state index in [0.717, 1.165) is 5.01 Å². The number of carbonyl (C=O) groups excluding carboxylic acids is 1. The Bertz CT molecular complexity index is 464. The van der Waals surface area contributed by atoms with Gasteiger partial charge in [-0.3, -0.25) is 0 Å². The van der Waals surface area contributed by atoms with Crippen molar-refractivity contribution in [1.82, 2.24) is 15.6 Å². The summed E-state index contributed by atoms with van der Waals surface area (Å²) in [6, 6.07) is 1.98. The first-order chi connectivity index (χ1) is 9.66. The molecule has 0 bridgehead atoms. The maximum atomic E-state index is 11.8. The van der Waals surface area contributed by atoms with Gasteiger partial charge in [-0.25, -0.2) is 9.78 Å². The minimum atomic E-state index is -0.115. The number of urea groups is 1. The van der Waals surface area contributed by atoms with E-state index in [2.05, 4.69) is 46.3 Å². The zero-order valence-corrected chi connectivity index (χ0v) is 13.3. The van der Waals surface area contributed by atoms with E-state index in [4.69, 9.17) is 0 Å². The molecule has 0 unspecified atom stereocenters. The summed E-state index contributed by atoms with van der Waals surface area (Å²) in [4.78, 5) is 16.0. The fraction of sp³-hybridized carbons (Fsp3) is 0.429. The smallest absolute Gasteiger partial charge is 0.314 e. The molecule has 0 aliphatic heterocycles. The lowest BCUT2D eigenvalue weighted by atomic mass is 10.1. The van der Waals surface area contributed by atoms with E-state index in [1.165, 1.54) is 5.56 Å². The van der Waals surface area contributed by atoms with Gasteiger partial charge in [0, 0.05) is 30.6 Å². The van der Waals surface area contributed by atoms with Crippen LogP contribution < -0.4 is 10.6 Å². The number of thiazole rings is 1. The second kappa shape index (κ2) is 7.40. The number of carbonyl (C=O) groups is 1. The third kappa shape index (κ3) is 4.31. The Morgan fingerprint density at radius 3 is 2.60 bits per heavy atom. The molecule has 0 aromatic carbocycles. The van der Waals surface area contributed by atoms with Gasteiger partial charge in [-0.2, -0.15) is 11.3 Å². The Labute approximate surface area is 127 Å². The van der Waals surface area contributed by atoms with Gasteiger partial charge in [0.2, 0.25) is 0 Å². The maximum Gasteiger partial charge on any atom is 0.314 e. The summed E-state index contributed by atoms with van der Waals surface area (Å²) in [5.41, 5.74) is 1.27. The van der Waals surface area contributed by atoms with Crippen LogP contribution in [0.5, 0.6) is 0 Å². The molecule has 0 aliphatic carbocycles. The van der Waals surface area contributed by atoms with E-state index >= 15 is 0 Å². The first kappa shape index (κ1) is 15.0. The molecule has 0 spiro atoms. The van der Waals surface area contributed by atoms with E-state index in [9.17, 15) is 4.79 Å². The Morgan fingerprint density at radius 2 is 2.00 bits per heavy atom. The van der Waals surface area contributed by atoms with Crippen molar-refractivity contribution >= 4 is 28.7 Å². The Morgan fingerprint density at radius 1 is 1.25 bits per heavy atom. The number of hydrogen-bond acceptors (Lipinski definition) is 4. The van der Waals surface area contributed by atoms with Crippen molar-refractivity contribution in [2.45, 2.75) is 25.7 Å². The Kier molecular flexibility index (Phi) is 5.55. The van der Waals surface area contributed by atoms with Crippen molar-refractivity contribution in [2.75, 3.05) is 13.1 Å². The lowest BCUT2D eigenvalue weighted by Crippen LogP contribution is -2.39. The van der Waals surface area contributed by atoms with Crippen LogP contribution in [0.4, 0.5) is 4.79 Å². The van der Waals surface area contributed by atoms with Crippen molar-refractivity contribution in [2.24, 2.45) is 0 Å². The molecule has 2 atom stereocenters. The minimum absolute atomic E-state index is 0.115. The van der Waals surface area contributed by atoms with Crippen LogP contribution in [0.25, 0.3) is 0 Å². The zero-order valence-electron chi connectivity index (χ0n) is 11.6. The van der Waals surface area contributed by atoms with Gasteiger partial charge in [0.15, 0.2) is 0 Å². The number of nitrogens with one attached hydrogen (secondary N) is 2. The molecule has 6 heteroatoms. The SMILES string of the molecule is C[C@H](CNC(=O)NC[C@H](C)c1ccsc1)c1nccs1. The molecule has 0 saturated carbocycles. The van der Waals surface area contributed by atoms with Gasteiger partial charge >= 0.3 is 6.03 Å². The summed E-state index contributed by atoms with van der Waals surface area (Å²) in [5, 5.41) is 13.0. The Hall–Kier alpha value is -1.40. The highest BCUT2D eigenvalue weighted by atomic mass is 32.1. The van der Waals surface area contributed by atoms with Gasteiger partial charge in [0.05, 0.1) is 5.01 Å². The maximum absolute atomic E-state index is 11.8. The first-order valence-electron chi connectivity index (χ1n) is 6.60. The van der Waals surface area contributed by atoms with Crippen molar-refractivity contribution in [3.8, 4) is 0 Å². The largest absolute Gasteiger partial charge is 0.338 e. The van der Waals surface area contributed by atoms with Crippen molar-refractivity contribution in [3.63, 3.8) is 0 Å². The molecule has 20 heavy (non-hydrogen) atoms. The van der Waals surface area contributed by atoms with Gasteiger partial charge in [-0.05, 0) is 28.3 Å². The highest BCUT2D eigenvalue weighted by Crippen LogP contribution is 2.17. The predicted octanol–water partition coefficient (Wildman–Crippen LogP) is 3.41. The average Bonchev–Trinajstić information content (AvgIpc) is 3.14. The summed E-state index contributed by atoms with van der Waals surface area (Å²) < 4.78 is 0. The number of amides is 2. The molecule has 2 heterocycles. The normalized spacial score (nSPS) is 13.7. The molecule has 108 valence electrons. The number of aromatic nitrogens is 1. The van der Waals surface area contributed by atoms with Crippen LogP contribution in [-0.4, -0.2) is 24.1 Å². The average molecular weight is 309 g/mol. The van der Waals surface area contributed by atoms with Crippen LogP contribution in [0.1, 0.15) is 36.3 Å². The molecule has 2 amide bonds. The fourth-order valence-corrected chi connectivity index (χ4v) is 3.27. The Balaban J connectivity index is 1.68. The van der Waals surface area contributed by atoms with Crippen LogP contribution in [0, 0.1) is 0 Å². The van der Waals surface area contributed by atoms with E-state index < -0.39 is 0 Å². The fourth-order valence-electron chi connectivity index (χ4n) is 1.79. The van der Waals surface area contributed by atoms with Gasteiger partial charge in [0.1, 0.15) is 0 Å². The molecule has 2 N–H and O–H groups in total. The third-order valence-corrected chi connectivity index (χ3v) is 4.83. The van der Waals surface area contributed by atoms with Crippen LogP contribution in [0.3, 0.4) is 0 Å². The molecule has 4 nitrogen and oxygen atoms in total. The van der Waals surface area contributed by atoms with Crippen LogP contribution >= 0.6 is 22.7 Å². The molecule has 0 radical (unpaired) electrons. The van der Waals surface area contributed by atoms with E-state index in [1.807, 2.05) is 5.38 Å². The van der Waals surface area contributed by atoms with E-state index in [1.54, 1.807) is 28.9 Å². The molecule has 2 rings (SSSR count). The predicted molar refractivity (Wildman–Crippen MR) is 84.7 cm³/mol. The quantitative estimate of drug-likeness (QED) is 0.859. The van der Waals surface area contributed by atoms with Crippen molar-refractivity contribution in [1.29, 1.82) is 0 Å². The first-order valence-corrected chi connectivity index (χ1v) is 8.42. The highest BCUT2D eigenvalue weighted by molar-refractivity contribution is 7.09. The monoisotopic (exact) mass is 309 g/mol. The van der Waals surface area contributed by atoms with Crippen molar-refractivity contribution in [3.05, 3.63) is 39.0 Å². The van der Waals surface area contributed by atoms with Gasteiger partial charge < -0.3 is 10.6 Å².